The lowest BCUT2D eigenvalue weighted by Crippen LogP contribution is -2.40. The normalized spacial score (nSPS) is 16.2. The molecule has 8 nitrogen and oxygen atoms in total. The smallest absolute Gasteiger partial charge is 0.413 e. The lowest BCUT2D eigenvalue weighted by atomic mass is 9.77. The van der Waals surface area contributed by atoms with Gasteiger partial charge in [-0.25, -0.2) is 14.8 Å². The zero-order chi connectivity index (χ0) is 29.3. The van der Waals surface area contributed by atoms with Gasteiger partial charge in [0.15, 0.2) is 17.3 Å². The molecule has 40 heavy (non-hydrogen) atoms. The van der Waals surface area contributed by atoms with Gasteiger partial charge >= 0.3 is 6.09 Å². The molecule has 1 amide bonds. The summed E-state index contributed by atoms with van der Waals surface area (Å²) in [5.74, 6) is 1.74. The van der Waals surface area contributed by atoms with Crippen molar-refractivity contribution in [1.82, 2.24) is 9.97 Å². The number of nitriles is 1. The van der Waals surface area contributed by atoms with Crippen molar-refractivity contribution in [2.24, 2.45) is 10.6 Å². The Hall–Kier alpha value is -2.25. The van der Waals surface area contributed by atoms with E-state index in [0.29, 0.717) is 21.8 Å². The average molecular weight is 608 g/mol. The van der Waals surface area contributed by atoms with E-state index in [1.54, 1.807) is 39.0 Å². The first-order valence-corrected chi connectivity index (χ1v) is 15.7. The number of ether oxygens (including phenoxy) is 1. The summed E-state index contributed by atoms with van der Waals surface area (Å²) in [7, 11) is 0. The Balaban J connectivity index is 0.000000663. The second kappa shape index (κ2) is 14.6. The maximum atomic E-state index is 12.6. The highest BCUT2D eigenvalue weighted by molar-refractivity contribution is 7.97. The number of aromatic nitrogens is 2. The monoisotopic (exact) mass is 606 g/mol. The molecule has 2 heterocycles. The van der Waals surface area contributed by atoms with Crippen LogP contribution in [0, 0.1) is 16.7 Å². The summed E-state index contributed by atoms with van der Waals surface area (Å²) >= 11 is 14.1. The van der Waals surface area contributed by atoms with Gasteiger partial charge in [-0.3, -0.25) is 10.5 Å². The second-order valence-electron chi connectivity index (χ2n) is 11.4. The molecule has 11 heteroatoms. The third kappa shape index (κ3) is 8.62. The lowest BCUT2D eigenvalue weighted by Gasteiger charge is -2.40. The Morgan fingerprint density at radius 3 is 2.42 bits per heavy atom. The zero-order valence-corrected chi connectivity index (χ0v) is 26.2. The summed E-state index contributed by atoms with van der Waals surface area (Å²) in [5, 5.41) is 18.4. The molecule has 2 aliphatic rings. The highest BCUT2D eigenvalue weighted by Crippen LogP contribution is 2.47. The van der Waals surface area contributed by atoms with Gasteiger partial charge in [0.25, 0.3) is 0 Å². The molecule has 0 radical (unpaired) electrons. The molecule has 1 aliphatic carbocycles. The highest BCUT2D eigenvalue weighted by Gasteiger charge is 2.38. The third-order valence-corrected chi connectivity index (χ3v) is 8.56. The number of amides is 1. The molecule has 4 rings (SSSR count). The summed E-state index contributed by atoms with van der Waals surface area (Å²) in [5.41, 5.74) is 0.650. The summed E-state index contributed by atoms with van der Waals surface area (Å²) in [4.78, 5) is 24.1. The van der Waals surface area contributed by atoms with Crippen molar-refractivity contribution >= 4 is 52.9 Å². The first-order valence-electron chi connectivity index (χ1n) is 13.9. The van der Waals surface area contributed by atoms with Gasteiger partial charge in [0.1, 0.15) is 17.4 Å². The minimum Gasteiger partial charge on any atom is -0.444 e. The van der Waals surface area contributed by atoms with E-state index in [0.717, 1.165) is 31.7 Å². The van der Waals surface area contributed by atoms with Crippen LogP contribution in [0.5, 0.6) is 0 Å². The number of unbranched alkanes of at least 4 members (excludes halogenated alkanes) is 1. The zero-order valence-electron chi connectivity index (χ0n) is 23.9. The van der Waals surface area contributed by atoms with Crippen molar-refractivity contribution in [2.75, 3.05) is 29.1 Å². The first-order chi connectivity index (χ1) is 19.0. The fourth-order valence-corrected chi connectivity index (χ4v) is 5.97. The molecule has 1 saturated heterocycles. The van der Waals surface area contributed by atoms with Gasteiger partial charge in [0.2, 0.25) is 0 Å². The fraction of sp³-hybridized carbons (Fsp3) is 0.586. The minimum absolute atomic E-state index is 0.175. The molecule has 2 fully saturated rings. The topological polar surface area (TPSA) is 117 Å². The largest absolute Gasteiger partial charge is 0.444 e. The van der Waals surface area contributed by atoms with E-state index < -0.39 is 11.7 Å². The number of nitrogens with two attached hydrogens (primary N) is 1. The summed E-state index contributed by atoms with van der Waals surface area (Å²) < 4.78 is 5.44. The Labute approximate surface area is 252 Å². The van der Waals surface area contributed by atoms with Gasteiger partial charge in [-0.1, -0.05) is 73.5 Å². The van der Waals surface area contributed by atoms with Crippen molar-refractivity contribution in [3.8, 4) is 17.3 Å². The van der Waals surface area contributed by atoms with Crippen LogP contribution >= 0.6 is 35.1 Å². The third-order valence-electron chi connectivity index (χ3n) is 7.21. The number of nitrogens with zero attached hydrogens (tertiary/aromatic N) is 4. The molecular formula is C29H40Cl2N6O2S. The number of halogens is 2. The molecule has 1 aromatic heterocycles. The van der Waals surface area contributed by atoms with Crippen LogP contribution in [0.1, 0.15) is 84.8 Å². The van der Waals surface area contributed by atoms with Crippen molar-refractivity contribution in [1.29, 1.82) is 5.26 Å². The Morgan fingerprint density at radius 1 is 1.20 bits per heavy atom. The van der Waals surface area contributed by atoms with E-state index in [2.05, 4.69) is 28.2 Å². The van der Waals surface area contributed by atoms with E-state index in [1.165, 1.54) is 50.5 Å². The maximum absolute atomic E-state index is 12.6. The predicted octanol–water partition coefficient (Wildman–Crippen LogP) is 8.22. The molecule has 3 N–H and O–H groups in total. The molecule has 0 bridgehead atoms. The quantitative estimate of drug-likeness (QED) is 0.249. The van der Waals surface area contributed by atoms with Crippen molar-refractivity contribution in [3.05, 3.63) is 33.9 Å². The number of hydrogen-bond donors (Lipinski definition) is 2. The number of benzene rings is 1. The van der Waals surface area contributed by atoms with Crippen LogP contribution in [0.15, 0.2) is 18.2 Å². The second-order valence-corrected chi connectivity index (χ2v) is 12.9. The summed E-state index contributed by atoms with van der Waals surface area (Å²) in [6, 6.07) is 7.30. The highest BCUT2D eigenvalue weighted by atomic mass is 35.5. The van der Waals surface area contributed by atoms with E-state index in [4.69, 9.17) is 38.1 Å². The fourth-order valence-electron chi connectivity index (χ4n) is 5.13. The van der Waals surface area contributed by atoms with Gasteiger partial charge in [-0.05, 0) is 64.4 Å². The van der Waals surface area contributed by atoms with Crippen molar-refractivity contribution < 1.29 is 9.53 Å². The number of piperidine rings is 1. The van der Waals surface area contributed by atoms with Crippen LogP contribution in [-0.2, 0) is 4.74 Å². The first kappa shape index (κ1) is 32.3. The average Bonchev–Trinajstić information content (AvgIpc) is 3.36. The van der Waals surface area contributed by atoms with Gasteiger partial charge in [0.05, 0.1) is 10.0 Å². The minimum atomic E-state index is -0.691. The maximum Gasteiger partial charge on any atom is 0.413 e. The molecule has 1 saturated carbocycles. The number of anilines is 2. The molecule has 0 unspecified atom stereocenters. The van der Waals surface area contributed by atoms with Gasteiger partial charge in [0, 0.05) is 24.4 Å². The van der Waals surface area contributed by atoms with Crippen LogP contribution in [0.25, 0.3) is 11.3 Å². The summed E-state index contributed by atoms with van der Waals surface area (Å²) in [6.45, 7) is 9.10. The number of hydrogen-bond acceptors (Lipinski definition) is 8. The van der Waals surface area contributed by atoms with Gasteiger partial charge < -0.3 is 9.64 Å². The predicted molar refractivity (Wildman–Crippen MR) is 166 cm³/mol. The SMILES string of the molecule is CC(C)(C)OC(=O)Nc1nc(N2CCC3(CCCC3)CC2)c(C#N)nc1-c1cccc(Cl)c1Cl.CCCCSN. The van der Waals surface area contributed by atoms with Crippen LogP contribution in [-0.4, -0.2) is 40.5 Å². The Bertz CT molecular complexity index is 1190. The van der Waals surface area contributed by atoms with Crippen molar-refractivity contribution in [3.63, 3.8) is 0 Å². The van der Waals surface area contributed by atoms with E-state index in [9.17, 15) is 10.1 Å². The number of carbonyl (C=O) groups is 1. The molecular weight excluding hydrogens is 567 g/mol. The Morgan fingerprint density at radius 2 is 1.88 bits per heavy atom. The summed E-state index contributed by atoms with van der Waals surface area (Å²) in [6.07, 6.45) is 9.10. The standard InChI is InChI=1S/C25H29Cl2N5O2.C4H11NS/c1-24(2,3)34-23(33)31-21-20(16-7-6-8-17(26)19(16)27)29-18(15-28)22(30-21)32-13-11-25(12-14-32)9-4-5-10-25;1-2-3-4-6-5/h6-8H,4-5,9-14H2,1-3H3,(H,30,31,33);2-5H2,1H3. The molecule has 2 aromatic rings. The van der Waals surface area contributed by atoms with Gasteiger partial charge in [-0.15, -0.1) is 0 Å². The molecule has 0 atom stereocenters. The van der Waals surface area contributed by atoms with Crippen LogP contribution < -0.4 is 15.4 Å². The van der Waals surface area contributed by atoms with Crippen molar-refractivity contribution in [2.45, 2.75) is 84.7 Å². The molecule has 1 aromatic carbocycles. The number of carbonyl (C=O) groups excluding carboxylic acids is 1. The van der Waals surface area contributed by atoms with Crippen LogP contribution in [0.2, 0.25) is 10.0 Å². The number of rotatable bonds is 6. The van der Waals surface area contributed by atoms with E-state index in [1.807, 2.05) is 0 Å². The van der Waals surface area contributed by atoms with Crippen LogP contribution in [0.3, 0.4) is 0 Å². The molecule has 218 valence electrons. The molecule has 1 spiro atoms. The van der Waals surface area contributed by atoms with Gasteiger partial charge in [-0.2, -0.15) is 5.26 Å². The Kier molecular flexibility index (Phi) is 11.8. The molecule has 1 aliphatic heterocycles. The lowest BCUT2D eigenvalue weighted by molar-refractivity contribution is 0.0635. The van der Waals surface area contributed by atoms with E-state index >= 15 is 0 Å². The van der Waals surface area contributed by atoms with E-state index in [-0.39, 0.29) is 22.2 Å². The number of nitrogens with one attached hydrogen (secondary N) is 1. The van der Waals surface area contributed by atoms with Crippen LogP contribution in [0.4, 0.5) is 16.4 Å².